The topological polar surface area (TPSA) is 112 Å². The number of methoxy groups -OCH3 is 1. The number of nitrogens with two attached hydrogens (primary N) is 1. The molecular formula is C17H14FNO6. The largest absolute Gasteiger partial charge is 0.465 e. The summed E-state index contributed by atoms with van der Waals surface area (Å²) in [6, 6.07) is 6.32. The number of carbonyl (C=O) groups excluding carboxylic acids is 1. The zero-order valence-corrected chi connectivity index (χ0v) is 13.1. The Morgan fingerprint density at radius 2 is 2.04 bits per heavy atom. The first-order valence-electron chi connectivity index (χ1n) is 7.25. The Kier molecular flexibility index (Phi) is 4.28. The van der Waals surface area contributed by atoms with Crippen molar-refractivity contribution in [2.75, 3.05) is 7.11 Å². The van der Waals surface area contributed by atoms with Crippen LogP contribution in [0, 0.1) is 5.82 Å². The molecule has 0 spiro atoms. The van der Waals surface area contributed by atoms with Crippen LogP contribution in [0.1, 0.15) is 23.0 Å². The predicted octanol–water partition coefficient (Wildman–Crippen LogP) is 1.14. The molecule has 1 atom stereocenters. The molecule has 1 aliphatic heterocycles. The third-order valence-electron chi connectivity index (χ3n) is 3.77. The zero-order valence-electron chi connectivity index (χ0n) is 13.1. The number of ether oxygens (including phenoxy) is 2. The second-order valence-electron chi connectivity index (χ2n) is 5.28. The van der Waals surface area contributed by atoms with Crippen LogP contribution in [0.5, 0.6) is 5.75 Å². The molecule has 25 heavy (non-hydrogen) atoms. The number of hydrogen-bond donors (Lipinski definition) is 2. The van der Waals surface area contributed by atoms with Crippen LogP contribution >= 0.6 is 0 Å². The monoisotopic (exact) mass is 347 g/mol. The van der Waals surface area contributed by atoms with Crippen LogP contribution in [0.4, 0.5) is 4.39 Å². The van der Waals surface area contributed by atoms with Gasteiger partial charge in [0.2, 0.25) is 17.1 Å². The first-order chi connectivity index (χ1) is 12.0. The maximum atomic E-state index is 13.3. The third-order valence-corrected chi connectivity index (χ3v) is 3.77. The molecule has 0 aliphatic carbocycles. The summed E-state index contributed by atoms with van der Waals surface area (Å²) in [5.41, 5.74) is 5.61. The van der Waals surface area contributed by atoms with Gasteiger partial charge in [-0.3, -0.25) is 4.79 Å². The van der Waals surface area contributed by atoms with Crippen LogP contribution in [-0.2, 0) is 16.1 Å². The predicted molar refractivity (Wildman–Crippen MR) is 83.0 cm³/mol. The summed E-state index contributed by atoms with van der Waals surface area (Å²) < 4.78 is 28.8. The summed E-state index contributed by atoms with van der Waals surface area (Å²) in [5.74, 6) is -2.74. The van der Waals surface area contributed by atoms with Gasteiger partial charge in [-0.05, 0) is 17.7 Å². The Morgan fingerprint density at radius 3 is 2.64 bits per heavy atom. The molecule has 0 fully saturated rings. The summed E-state index contributed by atoms with van der Waals surface area (Å²) in [5, 5.41) is 9.28. The van der Waals surface area contributed by atoms with Gasteiger partial charge in [-0.15, -0.1) is 0 Å². The highest BCUT2D eigenvalue weighted by atomic mass is 19.1. The van der Waals surface area contributed by atoms with Crippen molar-refractivity contribution in [1.29, 1.82) is 0 Å². The highest BCUT2D eigenvalue weighted by Crippen LogP contribution is 2.41. The number of aliphatic hydroxyl groups is 1. The van der Waals surface area contributed by atoms with Crippen molar-refractivity contribution < 1.29 is 28.2 Å². The van der Waals surface area contributed by atoms with Gasteiger partial charge in [-0.1, -0.05) is 12.1 Å². The number of hydrogen-bond acceptors (Lipinski definition) is 7. The molecule has 0 amide bonds. The fourth-order valence-electron chi connectivity index (χ4n) is 2.66. The fraction of sp³-hybridized carbons (Fsp3) is 0.176. The maximum Gasteiger partial charge on any atom is 0.340 e. The van der Waals surface area contributed by atoms with Gasteiger partial charge in [0, 0.05) is 6.07 Å². The summed E-state index contributed by atoms with van der Waals surface area (Å²) in [4.78, 5) is 24.4. The van der Waals surface area contributed by atoms with E-state index in [0.29, 0.717) is 5.56 Å². The number of benzene rings is 1. The van der Waals surface area contributed by atoms with Crippen LogP contribution in [0.15, 0.2) is 51.0 Å². The van der Waals surface area contributed by atoms with E-state index in [0.717, 1.165) is 6.07 Å². The van der Waals surface area contributed by atoms with Crippen LogP contribution < -0.4 is 15.9 Å². The molecule has 0 saturated carbocycles. The van der Waals surface area contributed by atoms with Crippen molar-refractivity contribution in [3.05, 3.63) is 74.9 Å². The molecule has 0 saturated heterocycles. The fourth-order valence-corrected chi connectivity index (χ4v) is 2.66. The lowest BCUT2D eigenvalue weighted by molar-refractivity contribution is -0.136. The van der Waals surface area contributed by atoms with Crippen LogP contribution in [0.25, 0.3) is 0 Å². The smallest absolute Gasteiger partial charge is 0.340 e. The van der Waals surface area contributed by atoms with E-state index >= 15 is 0 Å². The molecule has 0 radical (unpaired) electrons. The summed E-state index contributed by atoms with van der Waals surface area (Å²) >= 11 is 0. The van der Waals surface area contributed by atoms with Gasteiger partial charge in [0.05, 0.1) is 13.0 Å². The van der Waals surface area contributed by atoms with E-state index in [1.165, 1.54) is 31.4 Å². The summed E-state index contributed by atoms with van der Waals surface area (Å²) in [6.07, 6.45) is 0. The Labute approximate surface area is 141 Å². The van der Waals surface area contributed by atoms with E-state index in [1.54, 1.807) is 0 Å². The quantitative estimate of drug-likeness (QED) is 0.801. The van der Waals surface area contributed by atoms with Crippen LogP contribution in [0.3, 0.4) is 0 Å². The van der Waals surface area contributed by atoms with E-state index in [4.69, 9.17) is 19.6 Å². The van der Waals surface area contributed by atoms with Crippen molar-refractivity contribution in [2.45, 2.75) is 12.5 Å². The first-order valence-corrected chi connectivity index (χ1v) is 7.25. The van der Waals surface area contributed by atoms with Gasteiger partial charge in [0.25, 0.3) is 0 Å². The molecular weight excluding hydrogens is 333 g/mol. The molecule has 1 aromatic heterocycles. The van der Waals surface area contributed by atoms with Gasteiger partial charge in [0.15, 0.2) is 5.76 Å². The van der Waals surface area contributed by atoms with E-state index in [-0.39, 0.29) is 28.7 Å². The molecule has 2 heterocycles. The van der Waals surface area contributed by atoms with E-state index in [9.17, 15) is 19.1 Å². The number of aliphatic hydroxyl groups excluding tert-OH is 1. The normalized spacial score (nSPS) is 16.2. The zero-order chi connectivity index (χ0) is 18.1. The molecule has 7 nitrogen and oxygen atoms in total. The molecule has 130 valence electrons. The van der Waals surface area contributed by atoms with Crippen LogP contribution in [0.2, 0.25) is 0 Å². The minimum atomic E-state index is -0.948. The van der Waals surface area contributed by atoms with E-state index < -0.39 is 29.7 Å². The molecule has 2 aromatic rings. The van der Waals surface area contributed by atoms with Gasteiger partial charge in [-0.2, -0.15) is 0 Å². The maximum absolute atomic E-state index is 13.3. The van der Waals surface area contributed by atoms with E-state index in [2.05, 4.69) is 0 Å². The van der Waals surface area contributed by atoms with Gasteiger partial charge < -0.3 is 24.7 Å². The highest BCUT2D eigenvalue weighted by Gasteiger charge is 2.38. The van der Waals surface area contributed by atoms with Crippen molar-refractivity contribution in [3.63, 3.8) is 0 Å². The number of fused-ring (bicyclic) bond motifs is 1. The first kappa shape index (κ1) is 16.7. The number of esters is 1. The summed E-state index contributed by atoms with van der Waals surface area (Å²) in [6.45, 7) is -0.522. The SMILES string of the molecule is COC(=O)C1=C(N)Oc2c(oc(CO)cc2=O)[C@H]1c1ccc(F)cc1. The highest BCUT2D eigenvalue weighted by molar-refractivity contribution is 5.92. The molecule has 3 rings (SSSR count). The molecule has 1 aliphatic rings. The number of rotatable bonds is 3. The van der Waals surface area contributed by atoms with Gasteiger partial charge >= 0.3 is 5.97 Å². The average Bonchev–Trinajstić information content (AvgIpc) is 2.61. The lowest BCUT2D eigenvalue weighted by Gasteiger charge is -2.26. The Hall–Kier alpha value is -3.13. The number of halogens is 1. The molecule has 3 N–H and O–H groups in total. The number of carbonyl (C=O) groups is 1. The second kappa shape index (κ2) is 6.40. The summed E-state index contributed by atoms with van der Waals surface area (Å²) in [7, 11) is 1.17. The standard InChI is InChI=1S/C17H14FNO6/c1-23-17(22)13-12(8-2-4-9(18)5-3-8)15-14(25-16(13)19)11(21)6-10(7-20)24-15/h2-6,12,20H,7,19H2,1H3/t12-/m0/s1. The molecule has 1 aromatic carbocycles. The molecule has 0 unspecified atom stereocenters. The molecule has 0 bridgehead atoms. The minimum Gasteiger partial charge on any atom is -0.465 e. The van der Waals surface area contributed by atoms with Crippen molar-refractivity contribution >= 4 is 5.97 Å². The van der Waals surface area contributed by atoms with E-state index in [1.807, 2.05) is 0 Å². The average molecular weight is 347 g/mol. The molecule has 8 heteroatoms. The second-order valence-corrected chi connectivity index (χ2v) is 5.28. The van der Waals surface area contributed by atoms with Gasteiger partial charge in [-0.25, -0.2) is 9.18 Å². The van der Waals surface area contributed by atoms with Crippen LogP contribution in [-0.4, -0.2) is 18.2 Å². The Morgan fingerprint density at radius 1 is 1.36 bits per heavy atom. The Balaban J connectivity index is 2.29. The minimum absolute atomic E-state index is 0.0100. The van der Waals surface area contributed by atoms with Crippen molar-refractivity contribution in [1.82, 2.24) is 0 Å². The lowest BCUT2D eigenvalue weighted by Crippen LogP contribution is -2.29. The van der Waals surface area contributed by atoms with Crippen molar-refractivity contribution in [2.24, 2.45) is 5.73 Å². The lowest BCUT2D eigenvalue weighted by atomic mass is 9.86. The third kappa shape index (κ3) is 2.87. The van der Waals surface area contributed by atoms with Crippen molar-refractivity contribution in [3.8, 4) is 5.75 Å². The van der Waals surface area contributed by atoms with Gasteiger partial charge in [0.1, 0.15) is 23.8 Å². The Bertz CT molecular complexity index is 916.